The molecule has 0 aliphatic rings. The molecule has 0 radical (unpaired) electrons. The Bertz CT molecular complexity index is 445. The van der Waals surface area contributed by atoms with Gasteiger partial charge in [0.15, 0.2) is 6.29 Å². The molecule has 0 aliphatic carbocycles. The molecule has 2 aromatic heterocycles. The summed E-state index contributed by atoms with van der Waals surface area (Å²) in [7, 11) is 0. The first kappa shape index (κ1) is 11.7. The van der Waals surface area contributed by atoms with Gasteiger partial charge in [0.25, 0.3) is 0 Å². The van der Waals surface area contributed by atoms with Crippen LogP contribution in [-0.4, -0.2) is 16.3 Å². The molecule has 0 aromatic carbocycles. The van der Waals surface area contributed by atoms with Crippen LogP contribution in [0.3, 0.4) is 0 Å². The molecule has 0 unspecified atom stereocenters. The van der Waals surface area contributed by atoms with Crippen LogP contribution in [-0.2, 0) is 20.4 Å². The van der Waals surface area contributed by atoms with E-state index in [0.717, 1.165) is 12.0 Å². The normalized spacial score (nSPS) is 9.07. The Balaban J connectivity index is 0.00000112. The number of hydrogen-bond acceptors (Lipinski definition) is 3. The van der Waals surface area contributed by atoms with Crippen LogP contribution in [0.1, 0.15) is 10.4 Å². The van der Waals surface area contributed by atoms with Gasteiger partial charge in [-0.1, -0.05) is 6.07 Å². The quantitative estimate of drug-likeness (QED) is 0.627. The summed E-state index contributed by atoms with van der Waals surface area (Å²) < 4.78 is 0. The van der Waals surface area contributed by atoms with Gasteiger partial charge in [0.2, 0.25) is 0 Å². The number of aldehydes is 1. The van der Waals surface area contributed by atoms with Crippen LogP contribution in [0.2, 0.25) is 0 Å². The Kier molecular flexibility index (Phi) is 4.29. The Morgan fingerprint density at radius 1 is 1.00 bits per heavy atom. The fourth-order valence-electron chi connectivity index (χ4n) is 1.23. The number of pyridine rings is 2. The van der Waals surface area contributed by atoms with E-state index in [9.17, 15) is 4.79 Å². The molecule has 0 aliphatic heterocycles. The molecule has 0 fully saturated rings. The van der Waals surface area contributed by atoms with Gasteiger partial charge in [0, 0.05) is 38.4 Å². The summed E-state index contributed by atoms with van der Waals surface area (Å²) in [4.78, 5) is 19.0. The van der Waals surface area contributed by atoms with Crippen molar-refractivity contribution in [1.82, 2.24) is 9.97 Å². The minimum absolute atomic E-state index is 0. The van der Waals surface area contributed by atoms with Crippen molar-refractivity contribution in [3.8, 4) is 11.4 Å². The van der Waals surface area contributed by atoms with Crippen molar-refractivity contribution >= 4 is 6.29 Å². The van der Waals surface area contributed by atoms with Crippen LogP contribution in [0.5, 0.6) is 0 Å². The summed E-state index contributed by atoms with van der Waals surface area (Å²) in [5.74, 6) is 0. The molecule has 0 amide bonds. The molecular weight excluding hydrogens is 283 g/mol. The Morgan fingerprint density at radius 3 is 2.47 bits per heavy atom. The SMILES string of the molecule is O=Cc1cccnc1-c1ccccn1.[Pd]. The topological polar surface area (TPSA) is 42.9 Å². The Morgan fingerprint density at radius 2 is 1.80 bits per heavy atom. The first-order chi connectivity index (χ1) is 6.92. The third-order valence-corrected chi connectivity index (χ3v) is 1.87. The Labute approximate surface area is 101 Å². The summed E-state index contributed by atoms with van der Waals surface area (Å²) in [5.41, 5.74) is 1.91. The fraction of sp³-hybridized carbons (Fsp3) is 0. The largest absolute Gasteiger partial charge is 0.298 e. The third-order valence-electron chi connectivity index (χ3n) is 1.87. The molecule has 0 atom stereocenters. The van der Waals surface area contributed by atoms with Crippen LogP contribution >= 0.6 is 0 Å². The maximum Gasteiger partial charge on any atom is 0.152 e. The minimum atomic E-state index is 0. The van der Waals surface area contributed by atoms with Crippen molar-refractivity contribution in [2.24, 2.45) is 0 Å². The van der Waals surface area contributed by atoms with Crippen LogP contribution in [0, 0.1) is 0 Å². The molecule has 2 aromatic rings. The van der Waals surface area contributed by atoms with Gasteiger partial charge in [0.05, 0.1) is 11.4 Å². The molecule has 0 saturated carbocycles. The second kappa shape index (κ2) is 5.50. The van der Waals surface area contributed by atoms with E-state index in [4.69, 9.17) is 0 Å². The van der Waals surface area contributed by atoms with Gasteiger partial charge in [-0.05, 0) is 24.3 Å². The van der Waals surface area contributed by atoms with Crippen LogP contribution < -0.4 is 0 Å². The summed E-state index contributed by atoms with van der Waals surface area (Å²) in [6.45, 7) is 0. The van der Waals surface area contributed by atoms with E-state index in [-0.39, 0.29) is 20.4 Å². The zero-order chi connectivity index (χ0) is 9.80. The second-order valence-electron chi connectivity index (χ2n) is 2.77. The number of aromatic nitrogens is 2. The van der Waals surface area contributed by atoms with E-state index >= 15 is 0 Å². The van der Waals surface area contributed by atoms with Crippen LogP contribution in [0.25, 0.3) is 11.4 Å². The van der Waals surface area contributed by atoms with Gasteiger partial charge in [-0.25, -0.2) is 0 Å². The van der Waals surface area contributed by atoms with Crippen molar-refractivity contribution in [3.05, 3.63) is 48.3 Å². The van der Waals surface area contributed by atoms with E-state index in [2.05, 4.69) is 9.97 Å². The number of rotatable bonds is 2. The van der Waals surface area contributed by atoms with E-state index in [1.807, 2.05) is 18.2 Å². The standard InChI is InChI=1S/C11H8N2O.Pd/c14-8-9-4-3-7-13-11(9)10-5-1-2-6-12-10;/h1-8H;. The Hall–Kier alpha value is -1.37. The summed E-state index contributed by atoms with van der Waals surface area (Å²) in [6.07, 6.45) is 4.12. The molecule has 2 heterocycles. The maximum absolute atomic E-state index is 10.7. The number of carbonyl (C=O) groups excluding carboxylic acids is 1. The summed E-state index contributed by atoms with van der Waals surface area (Å²) in [6, 6.07) is 8.98. The average Bonchev–Trinajstić information content (AvgIpc) is 2.30. The van der Waals surface area contributed by atoms with E-state index < -0.39 is 0 Å². The minimum Gasteiger partial charge on any atom is -0.298 e. The molecule has 4 heteroatoms. The predicted molar refractivity (Wildman–Crippen MR) is 52.9 cm³/mol. The molecule has 0 bridgehead atoms. The molecule has 3 nitrogen and oxygen atoms in total. The molecule has 0 saturated heterocycles. The molecule has 78 valence electrons. The van der Waals surface area contributed by atoms with Crippen molar-refractivity contribution < 1.29 is 25.2 Å². The fourth-order valence-corrected chi connectivity index (χ4v) is 1.23. The second-order valence-corrected chi connectivity index (χ2v) is 2.77. The van der Waals surface area contributed by atoms with Crippen LogP contribution in [0.4, 0.5) is 0 Å². The van der Waals surface area contributed by atoms with Gasteiger partial charge in [-0.2, -0.15) is 0 Å². The molecule has 2 rings (SSSR count). The molecule has 0 N–H and O–H groups in total. The number of nitrogens with zero attached hydrogens (tertiary/aromatic N) is 2. The summed E-state index contributed by atoms with van der Waals surface area (Å²) >= 11 is 0. The van der Waals surface area contributed by atoms with Crippen molar-refractivity contribution in [3.63, 3.8) is 0 Å². The first-order valence-corrected chi connectivity index (χ1v) is 4.23. The summed E-state index contributed by atoms with van der Waals surface area (Å²) in [5, 5.41) is 0. The molecule has 15 heavy (non-hydrogen) atoms. The first-order valence-electron chi connectivity index (χ1n) is 4.23. The monoisotopic (exact) mass is 290 g/mol. The van der Waals surface area contributed by atoms with Crippen molar-refractivity contribution in [2.45, 2.75) is 0 Å². The van der Waals surface area contributed by atoms with Gasteiger partial charge < -0.3 is 0 Å². The average molecular weight is 291 g/mol. The van der Waals surface area contributed by atoms with Gasteiger partial charge in [-0.15, -0.1) is 0 Å². The molecular formula is C11H8N2OPd. The zero-order valence-corrected chi connectivity index (χ0v) is 9.29. The van der Waals surface area contributed by atoms with Crippen molar-refractivity contribution in [2.75, 3.05) is 0 Å². The van der Waals surface area contributed by atoms with Crippen LogP contribution in [0.15, 0.2) is 42.7 Å². The zero-order valence-electron chi connectivity index (χ0n) is 7.74. The maximum atomic E-state index is 10.7. The number of hydrogen-bond donors (Lipinski definition) is 0. The van der Waals surface area contributed by atoms with E-state index in [0.29, 0.717) is 11.3 Å². The van der Waals surface area contributed by atoms with Gasteiger partial charge in [-0.3, -0.25) is 14.8 Å². The molecule has 0 spiro atoms. The van der Waals surface area contributed by atoms with E-state index in [1.54, 1.807) is 24.5 Å². The predicted octanol–water partition coefficient (Wildman–Crippen LogP) is 1.95. The van der Waals surface area contributed by atoms with Gasteiger partial charge in [0.1, 0.15) is 0 Å². The van der Waals surface area contributed by atoms with Crippen molar-refractivity contribution in [1.29, 1.82) is 0 Å². The van der Waals surface area contributed by atoms with Gasteiger partial charge >= 0.3 is 0 Å². The van der Waals surface area contributed by atoms with E-state index in [1.165, 1.54) is 0 Å². The number of carbonyl (C=O) groups is 1. The smallest absolute Gasteiger partial charge is 0.152 e. The third kappa shape index (κ3) is 2.56.